The maximum absolute atomic E-state index is 11.5. The molecule has 14 heavy (non-hydrogen) atoms. The minimum absolute atomic E-state index is 0.167. The molecule has 0 spiro atoms. The van der Waals surface area contributed by atoms with Gasteiger partial charge in [-0.2, -0.15) is 17.6 Å². The average Bonchev–Trinajstić information content (AvgIpc) is 1.80. The van der Waals surface area contributed by atoms with Crippen molar-refractivity contribution in [3.8, 4) is 0 Å². The Balaban J connectivity index is 0. The molecule has 0 radical (unpaired) electrons. The van der Waals surface area contributed by atoms with Crippen LogP contribution in [0.2, 0.25) is 0 Å². The predicted octanol–water partition coefficient (Wildman–Crippen LogP) is 2.81. The summed E-state index contributed by atoms with van der Waals surface area (Å²) in [4.78, 5) is 19.2. The largest absolute Gasteiger partial charge is 0.387 e. The second kappa shape index (κ2) is 5.50. The van der Waals surface area contributed by atoms with Crippen molar-refractivity contribution in [3.05, 3.63) is 0 Å². The molecule has 84 valence electrons. The predicted molar refractivity (Wildman–Crippen MR) is 43.0 cm³/mol. The van der Waals surface area contributed by atoms with Crippen LogP contribution in [0.4, 0.5) is 17.6 Å². The number of carbonyl (C=O) groups excluding carboxylic acids is 2. The van der Waals surface area contributed by atoms with E-state index in [1.54, 1.807) is 0 Å². The van der Waals surface area contributed by atoms with Crippen LogP contribution in [-0.4, -0.2) is 22.3 Å². The van der Waals surface area contributed by atoms with Crippen LogP contribution in [-0.2, 0) is 9.59 Å². The van der Waals surface area contributed by atoms with Crippen molar-refractivity contribution in [2.75, 3.05) is 0 Å². The van der Waals surface area contributed by atoms with E-state index in [0.29, 0.717) is 0 Å². The third kappa shape index (κ3) is 9.73. The molecule has 8 heteroatoms. The second-order valence-corrected chi connectivity index (χ2v) is 3.18. The van der Waals surface area contributed by atoms with Crippen molar-refractivity contribution in [2.24, 2.45) is 0 Å². The molecule has 0 atom stereocenters. The molecule has 0 aromatic rings. The summed E-state index contributed by atoms with van der Waals surface area (Å²) in [5.41, 5.74) is 0. The van der Waals surface area contributed by atoms with Crippen molar-refractivity contribution in [2.45, 2.75) is 24.6 Å². The van der Waals surface area contributed by atoms with Crippen molar-refractivity contribution in [1.82, 2.24) is 0 Å². The lowest BCUT2D eigenvalue weighted by molar-refractivity contribution is -0.148. The number of halogens is 6. The van der Waals surface area contributed by atoms with Gasteiger partial charge in [0.05, 0.1) is 0 Å². The highest BCUT2D eigenvalue weighted by Gasteiger charge is 2.51. The Bertz CT molecular complexity index is 199. The number of alkyl halides is 6. The minimum Gasteiger partial charge on any atom is -0.300 e. The minimum atomic E-state index is -4.61. The molecule has 0 aliphatic rings. The first kappa shape index (κ1) is 16.1. The van der Waals surface area contributed by atoms with Crippen LogP contribution in [0.3, 0.4) is 0 Å². The third-order valence-corrected chi connectivity index (χ3v) is 0.858. The van der Waals surface area contributed by atoms with E-state index < -0.39 is 16.5 Å². The van der Waals surface area contributed by atoms with Crippen molar-refractivity contribution in [3.63, 3.8) is 0 Å². The zero-order chi connectivity index (χ0) is 12.2. The molecule has 2 nitrogen and oxygen atoms in total. The van der Waals surface area contributed by atoms with E-state index in [1.807, 2.05) is 0 Å². The molecule has 0 N–H and O–H groups in total. The van der Waals surface area contributed by atoms with Gasteiger partial charge in [0.2, 0.25) is 0 Å². The average molecular weight is 257 g/mol. The summed E-state index contributed by atoms with van der Waals surface area (Å²) < 4.78 is 45.9. The maximum atomic E-state index is 11.5. The zero-order valence-electron chi connectivity index (χ0n) is 7.08. The topological polar surface area (TPSA) is 34.1 Å². The Morgan fingerprint density at radius 1 is 0.929 bits per heavy atom. The molecular weight excluding hydrogens is 251 g/mol. The van der Waals surface area contributed by atoms with Crippen LogP contribution < -0.4 is 0 Å². The van der Waals surface area contributed by atoms with Gasteiger partial charge < -0.3 is 4.79 Å². The summed E-state index contributed by atoms with van der Waals surface area (Å²) in [5, 5.41) is -9.21. The van der Waals surface area contributed by atoms with Gasteiger partial charge in [-0.3, -0.25) is 4.79 Å². The van der Waals surface area contributed by atoms with Crippen molar-refractivity contribution in [1.29, 1.82) is 0 Å². The van der Waals surface area contributed by atoms with Gasteiger partial charge in [-0.05, 0) is 37.0 Å². The second-order valence-electron chi connectivity index (χ2n) is 2.23. The number of carbonyl (C=O) groups is 2. The molecule has 0 rings (SSSR count). The quantitative estimate of drug-likeness (QED) is 0.563. The summed E-state index contributed by atoms with van der Waals surface area (Å²) in [6, 6.07) is 0. The Morgan fingerprint density at radius 2 is 1.07 bits per heavy atom. The molecule has 0 unspecified atom stereocenters. The number of ketones is 2. The van der Waals surface area contributed by atoms with Crippen LogP contribution in [0, 0.1) is 0 Å². The summed E-state index contributed by atoms with van der Waals surface area (Å²) in [5.74, 6) is -2.65. The van der Waals surface area contributed by atoms with E-state index in [4.69, 9.17) is 0 Å². The van der Waals surface area contributed by atoms with Gasteiger partial charge in [0.1, 0.15) is 5.78 Å². The molecule has 0 aromatic heterocycles. The van der Waals surface area contributed by atoms with Crippen molar-refractivity contribution >= 4 is 34.8 Å². The van der Waals surface area contributed by atoms with Crippen molar-refractivity contribution < 1.29 is 27.2 Å². The van der Waals surface area contributed by atoms with Crippen LogP contribution in [0.15, 0.2) is 0 Å². The lowest BCUT2D eigenvalue weighted by Crippen LogP contribution is -2.34. The summed E-state index contributed by atoms with van der Waals surface area (Å²) in [6.45, 7) is 3.06. The Kier molecular flexibility index (Phi) is 6.32. The van der Waals surface area contributed by atoms with Gasteiger partial charge in [-0.25, -0.2) is 0 Å². The molecule has 0 aliphatic carbocycles. The summed E-state index contributed by atoms with van der Waals surface area (Å²) in [7, 11) is 0. The molecule has 0 bridgehead atoms. The molecule has 0 heterocycles. The molecule has 0 fully saturated rings. The van der Waals surface area contributed by atoms with Gasteiger partial charge in [0.15, 0.2) is 0 Å². The highest BCUT2D eigenvalue weighted by atomic mass is 35.5. The fourth-order valence-electron chi connectivity index (χ4n) is 0.161. The van der Waals surface area contributed by atoms with Crippen LogP contribution in [0.1, 0.15) is 13.8 Å². The molecule has 0 aliphatic heterocycles. The number of hydrogen-bond donors (Lipinski definition) is 0. The van der Waals surface area contributed by atoms with E-state index in [9.17, 15) is 27.2 Å². The van der Waals surface area contributed by atoms with E-state index in [1.165, 1.54) is 13.8 Å². The van der Waals surface area contributed by atoms with Gasteiger partial charge in [-0.15, -0.1) is 0 Å². The molecule has 0 saturated heterocycles. The fourth-order valence-corrected chi connectivity index (χ4v) is 0.446. The monoisotopic (exact) mass is 256 g/mol. The van der Waals surface area contributed by atoms with E-state index >= 15 is 0 Å². The zero-order valence-corrected chi connectivity index (χ0v) is 8.60. The normalized spacial score (nSPS) is 11.4. The van der Waals surface area contributed by atoms with E-state index in [2.05, 4.69) is 23.2 Å². The standard InChI is InChI=1S/C3Cl2F4O.C3H6O/c4-2(6,7)1(10)3(5,8)9;1-3(2)4/h;1-2H3. The first-order valence-electron chi connectivity index (χ1n) is 3.04. The Labute approximate surface area is 87.2 Å². The maximum Gasteiger partial charge on any atom is 0.387 e. The van der Waals surface area contributed by atoms with E-state index in [-0.39, 0.29) is 5.78 Å². The summed E-state index contributed by atoms with van der Waals surface area (Å²) in [6.07, 6.45) is 0. The highest BCUT2D eigenvalue weighted by molar-refractivity contribution is 6.41. The lowest BCUT2D eigenvalue weighted by atomic mass is 10.4. The Morgan fingerprint density at radius 3 is 1.07 bits per heavy atom. The molecule has 0 saturated carbocycles. The van der Waals surface area contributed by atoms with Crippen LogP contribution in [0.25, 0.3) is 0 Å². The number of hydrogen-bond acceptors (Lipinski definition) is 2. The van der Waals surface area contributed by atoms with E-state index in [0.717, 1.165) is 0 Å². The number of Topliss-reactive ketones (excluding diaryl/α,β-unsaturated/α-hetero) is 2. The van der Waals surface area contributed by atoms with Crippen LogP contribution in [0.5, 0.6) is 0 Å². The lowest BCUT2D eigenvalue weighted by Gasteiger charge is -2.09. The van der Waals surface area contributed by atoms with Gasteiger partial charge in [0, 0.05) is 0 Å². The fraction of sp³-hybridized carbons (Fsp3) is 0.667. The number of rotatable bonds is 2. The summed E-state index contributed by atoms with van der Waals surface area (Å²) >= 11 is 7.84. The SMILES string of the molecule is CC(C)=O.O=C(C(F)(F)Cl)C(F)(F)Cl. The third-order valence-electron chi connectivity index (χ3n) is 0.515. The highest BCUT2D eigenvalue weighted by Crippen LogP contribution is 2.32. The van der Waals surface area contributed by atoms with Crippen LogP contribution >= 0.6 is 23.2 Å². The molecular formula is C6H6Cl2F4O2. The first-order valence-corrected chi connectivity index (χ1v) is 3.80. The Hall–Kier alpha value is -0.360. The smallest absolute Gasteiger partial charge is 0.300 e. The molecule has 0 amide bonds. The van der Waals surface area contributed by atoms with Gasteiger partial charge >= 0.3 is 16.5 Å². The van der Waals surface area contributed by atoms with Gasteiger partial charge in [-0.1, -0.05) is 0 Å². The first-order chi connectivity index (χ1) is 5.89. The molecule has 0 aromatic carbocycles. The van der Waals surface area contributed by atoms with Gasteiger partial charge in [0.25, 0.3) is 0 Å².